The molecule has 2 rings (SSSR count). The quantitative estimate of drug-likeness (QED) is 0.661. The number of pyridine rings is 1. The molecule has 0 atom stereocenters. The van der Waals surface area contributed by atoms with Crippen molar-refractivity contribution < 1.29 is 18.0 Å². The Labute approximate surface area is 93.8 Å². The number of aromatic nitrogens is 1. The molecule has 0 saturated carbocycles. The van der Waals surface area contributed by atoms with Gasteiger partial charge in [0.05, 0.1) is 5.69 Å². The highest BCUT2D eigenvalue weighted by Crippen LogP contribution is 2.34. The van der Waals surface area contributed by atoms with Gasteiger partial charge in [-0.15, -0.1) is 0 Å². The lowest BCUT2D eigenvalue weighted by atomic mass is 10.2. The Morgan fingerprint density at radius 3 is 2.81 bits per heavy atom. The van der Waals surface area contributed by atoms with E-state index < -0.39 is 12.1 Å². The molecule has 1 aliphatic rings. The van der Waals surface area contributed by atoms with Gasteiger partial charge in [0.15, 0.2) is 0 Å². The van der Waals surface area contributed by atoms with Crippen molar-refractivity contribution in [1.82, 2.24) is 4.98 Å². The lowest BCUT2D eigenvalue weighted by molar-refractivity contribution is -0.170. The van der Waals surface area contributed by atoms with Crippen molar-refractivity contribution in [2.45, 2.75) is 12.6 Å². The second-order valence-corrected chi connectivity index (χ2v) is 3.66. The molecule has 1 aromatic rings. The van der Waals surface area contributed by atoms with Gasteiger partial charge in [0.1, 0.15) is 5.15 Å². The molecule has 1 aromatic heterocycles. The second-order valence-electron chi connectivity index (χ2n) is 3.30. The van der Waals surface area contributed by atoms with Crippen LogP contribution in [0.15, 0.2) is 12.3 Å². The van der Waals surface area contributed by atoms with E-state index in [-0.39, 0.29) is 17.4 Å². The summed E-state index contributed by atoms with van der Waals surface area (Å²) in [4.78, 5) is 15.5. The fourth-order valence-electron chi connectivity index (χ4n) is 1.65. The Balaban J connectivity index is 2.38. The van der Waals surface area contributed by atoms with Gasteiger partial charge in [0.2, 0.25) is 0 Å². The summed E-state index contributed by atoms with van der Waals surface area (Å²) in [6.45, 7) is -0.0148. The minimum absolute atomic E-state index is 0.0148. The highest BCUT2D eigenvalue weighted by Gasteiger charge is 2.45. The molecule has 0 unspecified atom stereocenters. The molecular weight excluding hydrogens is 245 g/mol. The molecule has 0 aliphatic carbocycles. The lowest BCUT2D eigenvalue weighted by Crippen LogP contribution is -2.40. The molecule has 86 valence electrons. The summed E-state index contributed by atoms with van der Waals surface area (Å²) < 4.78 is 36.8. The van der Waals surface area contributed by atoms with Gasteiger partial charge >= 0.3 is 12.1 Å². The number of fused-ring (bicyclic) bond motifs is 1. The fourth-order valence-corrected chi connectivity index (χ4v) is 1.90. The molecule has 0 spiro atoms. The Kier molecular flexibility index (Phi) is 2.53. The Bertz CT molecular complexity index is 447. The summed E-state index contributed by atoms with van der Waals surface area (Å²) in [6.07, 6.45) is -3.29. The van der Waals surface area contributed by atoms with Crippen LogP contribution in [0.4, 0.5) is 18.9 Å². The minimum atomic E-state index is -4.86. The summed E-state index contributed by atoms with van der Waals surface area (Å²) in [5.41, 5.74) is 0.684. The molecule has 0 bridgehead atoms. The number of carbonyl (C=O) groups excluding carboxylic acids is 1. The van der Waals surface area contributed by atoms with E-state index in [4.69, 9.17) is 11.6 Å². The van der Waals surface area contributed by atoms with E-state index in [2.05, 4.69) is 4.98 Å². The third kappa shape index (κ3) is 1.73. The van der Waals surface area contributed by atoms with Gasteiger partial charge in [0, 0.05) is 18.3 Å². The molecule has 3 nitrogen and oxygen atoms in total. The van der Waals surface area contributed by atoms with Crippen LogP contribution in [-0.2, 0) is 11.2 Å². The molecule has 0 aromatic carbocycles. The van der Waals surface area contributed by atoms with Crippen LogP contribution in [0.1, 0.15) is 5.56 Å². The average Bonchev–Trinajstić information content (AvgIpc) is 2.60. The van der Waals surface area contributed by atoms with E-state index in [1.54, 1.807) is 0 Å². The number of amides is 1. The predicted molar refractivity (Wildman–Crippen MR) is 51.4 cm³/mol. The van der Waals surface area contributed by atoms with Crippen molar-refractivity contribution in [3.05, 3.63) is 23.0 Å². The van der Waals surface area contributed by atoms with Gasteiger partial charge in [0.25, 0.3) is 0 Å². The number of rotatable bonds is 0. The number of hydrogen-bond donors (Lipinski definition) is 0. The van der Waals surface area contributed by atoms with E-state index in [1.165, 1.54) is 12.3 Å². The van der Waals surface area contributed by atoms with E-state index in [0.717, 1.165) is 0 Å². The summed E-state index contributed by atoms with van der Waals surface area (Å²) in [6, 6.07) is 1.36. The maximum atomic E-state index is 12.3. The number of nitrogens with zero attached hydrogens (tertiary/aromatic N) is 2. The Morgan fingerprint density at radius 2 is 2.19 bits per heavy atom. The minimum Gasteiger partial charge on any atom is -0.304 e. The second kappa shape index (κ2) is 3.62. The zero-order chi connectivity index (χ0) is 11.9. The van der Waals surface area contributed by atoms with Gasteiger partial charge in [-0.05, 0) is 12.5 Å². The summed E-state index contributed by atoms with van der Waals surface area (Å²) in [7, 11) is 0. The fraction of sp³-hybridized carbons (Fsp3) is 0.333. The molecule has 0 N–H and O–H groups in total. The van der Waals surface area contributed by atoms with Crippen molar-refractivity contribution in [2.24, 2.45) is 0 Å². The maximum Gasteiger partial charge on any atom is 0.471 e. The van der Waals surface area contributed by atoms with Gasteiger partial charge in [-0.3, -0.25) is 4.79 Å². The normalized spacial score (nSPS) is 15.1. The lowest BCUT2D eigenvalue weighted by Gasteiger charge is -2.18. The van der Waals surface area contributed by atoms with Crippen LogP contribution in [0.25, 0.3) is 0 Å². The first-order chi connectivity index (χ1) is 7.41. The molecule has 1 aliphatic heterocycles. The van der Waals surface area contributed by atoms with Crippen LogP contribution in [0.2, 0.25) is 5.15 Å². The topological polar surface area (TPSA) is 33.2 Å². The molecule has 0 saturated heterocycles. The zero-order valence-electron chi connectivity index (χ0n) is 7.88. The molecule has 2 heterocycles. The average molecular weight is 251 g/mol. The van der Waals surface area contributed by atoms with Crippen LogP contribution >= 0.6 is 11.6 Å². The van der Waals surface area contributed by atoms with Crippen LogP contribution in [-0.4, -0.2) is 23.6 Å². The first kappa shape index (κ1) is 11.2. The van der Waals surface area contributed by atoms with Gasteiger partial charge in [-0.1, -0.05) is 11.6 Å². The van der Waals surface area contributed by atoms with Gasteiger partial charge < -0.3 is 4.90 Å². The zero-order valence-corrected chi connectivity index (χ0v) is 8.64. The number of anilines is 1. The summed E-state index contributed by atoms with van der Waals surface area (Å²) in [5, 5.41) is 0.148. The van der Waals surface area contributed by atoms with Gasteiger partial charge in [-0.2, -0.15) is 13.2 Å². The Hall–Kier alpha value is -1.30. The summed E-state index contributed by atoms with van der Waals surface area (Å²) >= 11 is 5.72. The Morgan fingerprint density at radius 1 is 1.50 bits per heavy atom. The highest BCUT2D eigenvalue weighted by atomic mass is 35.5. The van der Waals surface area contributed by atoms with Gasteiger partial charge in [-0.25, -0.2) is 4.98 Å². The largest absolute Gasteiger partial charge is 0.471 e. The van der Waals surface area contributed by atoms with Crippen LogP contribution < -0.4 is 4.90 Å². The maximum absolute atomic E-state index is 12.3. The van der Waals surface area contributed by atoms with Crippen LogP contribution in [0, 0.1) is 0 Å². The van der Waals surface area contributed by atoms with Crippen LogP contribution in [0.3, 0.4) is 0 Å². The number of carbonyl (C=O) groups is 1. The highest BCUT2D eigenvalue weighted by molar-refractivity contribution is 6.30. The number of hydrogen-bond acceptors (Lipinski definition) is 2. The molecule has 16 heavy (non-hydrogen) atoms. The number of alkyl halides is 3. The third-order valence-electron chi connectivity index (χ3n) is 2.34. The predicted octanol–water partition coefficient (Wildman–Crippen LogP) is 2.19. The number of halogens is 4. The third-order valence-corrected chi connectivity index (χ3v) is 2.67. The molecule has 7 heteroatoms. The SMILES string of the molecule is O=C(N1CCc2c1ccnc2Cl)C(F)(F)F. The molecule has 1 amide bonds. The molecule has 0 fully saturated rings. The molecular formula is C9H6ClF3N2O. The van der Waals surface area contributed by atoms with Crippen molar-refractivity contribution in [3.63, 3.8) is 0 Å². The monoisotopic (exact) mass is 250 g/mol. The van der Waals surface area contributed by atoms with Crippen LogP contribution in [0.5, 0.6) is 0 Å². The van der Waals surface area contributed by atoms with E-state index in [9.17, 15) is 18.0 Å². The first-order valence-electron chi connectivity index (χ1n) is 4.43. The van der Waals surface area contributed by atoms with E-state index in [1.807, 2.05) is 0 Å². The van der Waals surface area contributed by atoms with Crippen molar-refractivity contribution in [3.8, 4) is 0 Å². The van der Waals surface area contributed by atoms with Crippen molar-refractivity contribution in [2.75, 3.05) is 11.4 Å². The first-order valence-corrected chi connectivity index (χ1v) is 4.81. The van der Waals surface area contributed by atoms with E-state index in [0.29, 0.717) is 16.9 Å². The standard InChI is InChI=1S/C9H6ClF3N2O/c10-7-5-2-4-15(6(5)1-3-14-7)8(16)9(11,12)13/h1,3H,2,4H2. The van der Waals surface area contributed by atoms with E-state index >= 15 is 0 Å². The smallest absolute Gasteiger partial charge is 0.304 e. The summed E-state index contributed by atoms with van der Waals surface area (Å²) in [5.74, 6) is -1.87. The molecule has 0 radical (unpaired) electrons. The van der Waals surface area contributed by atoms with Crippen molar-refractivity contribution >= 4 is 23.2 Å². The van der Waals surface area contributed by atoms with Crippen molar-refractivity contribution in [1.29, 1.82) is 0 Å².